The summed E-state index contributed by atoms with van der Waals surface area (Å²) in [6.07, 6.45) is -5.03. The molecule has 2 heterocycles. The van der Waals surface area contributed by atoms with E-state index in [1.54, 1.807) is 5.38 Å². The van der Waals surface area contributed by atoms with Gasteiger partial charge >= 0.3 is 6.18 Å². The number of rotatable bonds is 3. The molecule has 0 fully saturated rings. The largest absolute Gasteiger partial charge is 0.436 e. The van der Waals surface area contributed by atoms with Gasteiger partial charge < -0.3 is 4.84 Å². The Morgan fingerprint density at radius 1 is 1.26 bits per heavy atom. The van der Waals surface area contributed by atoms with Gasteiger partial charge in [0.2, 0.25) is 0 Å². The average molecular weight is 360 g/mol. The smallest absolute Gasteiger partial charge is 0.373 e. The Labute approximate surface area is 138 Å². The van der Waals surface area contributed by atoms with Gasteiger partial charge in [-0.05, 0) is 40.7 Å². The lowest BCUT2D eigenvalue weighted by molar-refractivity contribution is -0.274. The van der Waals surface area contributed by atoms with Crippen molar-refractivity contribution in [3.8, 4) is 0 Å². The number of carbonyl (C=O) groups is 1. The number of hydrogen-bond acceptors (Lipinski definition) is 4. The number of halogens is 4. The first-order valence-corrected chi connectivity index (χ1v) is 7.75. The van der Waals surface area contributed by atoms with E-state index >= 15 is 0 Å². The molecule has 1 aromatic heterocycles. The van der Waals surface area contributed by atoms with Gasteiger partial charge in [-0.1, -0.05) is 23.4 Å². The lowest BCUT2D eigenvalue weighted by atomic mass is 9.92. The Morgan fingerprint density at radius 2 is 1.96 bits per heavy atom. The van der Waals surface area contributed by atoms with E-state index in [2.05, 4.69) is 5.16 Å². The van der Waals surface area contributed by atoms with Crippen molar-refractivity contribution in [2.45, 2.75) is 18.2 Å². The molecule has 0 aliphatic carbocycles. The van der Waals surface area contributed by atoms with E-state index in [1.165, 1.54) is 36.4 Å². The predicted octanol–water partition coefficient (Wildman–Crippen LogP) is 4.71. The normalized spacial score (nSPS) is 21.0. The Kier molecular flexibility index (Phi) is 3.93. The van der Waals surface area contributed by atoms with Crippen LogP contribution in [0.1, 0.15) is 27.2 Å². The van der Waals surface area contributed by atoms with E-state index in [0.717, 1.165) is 11.3 Å². The van der Waals surface area contributed by atoms with E-state index < -0.39 is 23.4 Å². The van der Waals surface area contributed by atoms with Crippen LogP contribution in [0.5, 0.6) is 0 Å². The zero-order valence-electron chi connectivity index (χ0n) is 11.4. The fourth-order valence-electron chi connectivity index (χ4n) is 2.31. The first-order valence-electron chi connectivity index (χ1n) is 6.49. The monoisotopic (exact) mass is 359 g/mol. The highest BCUT2D eigenvalue weighted by molar-refractivity contribution is 7.10. The third-order valence-corrected chi connectivity index (χ3v) is 4.78. The molecule has 1 aliphatic heterocycles. The third-order valence-electron chi connectivity index (χ3n) is 3.55. The van der Waals surface area contributed by atoms with Crippen LogP contribution in [0.25, 0.3) is 0 Å². The second kappa shape index (κ2) is 5.65. The zero-order chi connectivity index (χ0) is 16.7. The summed E-state index contributed by atoms with van der Waals surface area (Å²) in [4.78, 5) is 16.0. The van der Waals surface area contributed by atoms with Crippen LogP contribution < -0.4 is 0 Å². The summed E-state index contributed by atoms with van der Waals surface area (Å²) >= 11 is 6.32. The molecule has 120 valence electrons. The zero-order valence-corrected chi connectivity index (χ0v) is 13.0. The van der Waals surface area contributed by atoms with Gasteiger partial charge in [0.25, 0.3) is 10.8 Å². The van der Waals surface area contributed by atoms with Gasteiger partial charge in [0.05, 0.1) is 17.0 Å². The first kappa shape index (κ1) is 16.0. The highest BCUT2D eigenvalue weighted by Gasteiger charge is 2.62. The standard InChI is InChI=1S/C15H9ClF3NO2S/c16-13(21)10-5-3-9(4-6-10)11-8-14(22-20-11,15(17,18)19)12-2-1-7-23-12/h1-7H,8H2. The molecule has 1 aliphatic rings. The lowest BCUT2D eigenvalue weighted by Crippen LogP contribution is -2.42. The molecule has 0 saturated heterocycles. The molecule has 1 unspecified atom stereocenters. The number of alkyl halides is 3. The molecule has 0 spiro atoms. The predicted molar refractivity (Wildman–Crippen MR) is 80.9 cm³/mol. The first-order chi connectivity index (χ1) is 10.8. The van der Waals surface area contributed by atoms with Crippen LogP contribution in [0.3, 0.4) is 0 Å². The Morgan fingerprint density at radius 3 is 2.48 bits per heavy atom. The Bertz CT molecular complexity index is 756. The molecule has 8 heteroatoms. The van der Waals surface area contributed by atoms with Gasteiger partial charge in [0.15, 0.2) is 0 Å². The van der Waals surface area contributed by atoms with Crippen LogP contribution in [-0.2, 0) is 10.4 Å². The minimum atomic E-state index is -4.60. The third kappa shape index (κ3) is 2.74. The van der Waals surface area contributed by atoms with Gasteiger partial charge in [-0.15, -0.1) is 11.3 Å². The molecular weight excluding hydrogens is 351 g/mol. The van der Waals surface area contributed by atoms with Gasteiger partial charge in [-0.25, -0.2) is 0 Å². The van der Waals surface area contributed by atoms with E-state index in [-0.39, 0.29) is 16.2 Å². The maximum atomic E-state index is 13.6. The number of nitrogens with zero attached hydrogens (tertiary/aromatic N) is 1. The molecule has 1 aromatic carbocycles. The fourth-order valence-corrected chi connectivity index (χ4v) is 3.32. The number of thiophene rings is 1. The summed E-state index contributed by atoms with van der Waals surface area (Å²) in [6.45, 7) is 0. The second-order valence-corrected chi connectivity index (χ2v) is 6.25. The molecule has 0 saturated carbocycles. The van der Waals surface area contributed by atoms with Crippen LogP contribution in [0, 0.1) is 0 Å². The minimum Gasteiger partial charge on any atom is -0.373 e. The number of carbonyl (C=O) groups excluding carboxylic acids is 1. The van der Waals surface area contributed by atoms with Crippen molar-refractivity contribution in [1.82, 2.24) is 0 Å². The summed E-state index contributed by atoms with van der Waals surface area (Å²) in [5.74, 6) is 0. The van der Waals surface area contributed by atoms with E-state index in [4.69, 9.17) is 16.4 Å². The van der Waals surface area contributed by atoms with Crippen molar-refractivity contribution >= 4 is 33.9 Å². The van der Waals surface area contributed by atoms with Crippen LogP contribution in [-0.4, -0.2) is 17.1 Å². The van der Waals surface area contributed by atoms with Crippen molar-refractivity contribution in [2.24, 2.45) is 5.16 Å². The van der Waals surface area contributed by atoms with E-state index in [9.17, 15) is 18.0 Å². The van der Waals surface area contributed by atoms with Crippen molar-refractivity contribution in [3.63, 3.8) is 0 Å². The molecule has 0 bridgehead atoms. The van der Waals surface area contributed by atoms with Crippen molar-refractivity contribution in [2.75, 3.05) is 0 Å². The van der Waals surface area contributed by atoms with Crippen LogP contribution >= 0.6 is 22.9 Å². The number of benzene rings is 1. The van der Waals surface area contributed by atoms with Crippen LogP contribution in [0.2, 0.25) is 0 Å². The summed E-state index contributed by atoms with van der Waals surface area (Å²) in [5.41, 5.74) is -1.58. The molecule has 0 N–H and O–H groups in total. The Hall–Kier alpha value is -1.86. The molecule has 2 aromatic rings. The minimum absolute atomic E-state index is 0.0521. The molecule has 1 atom stereocenters. The maximum absolute atomic E-state index is 13.6. The molecule has 3 rings (SSSR count). The maximum Gasteiger partial charge on any atom is 0.436 e. The van der Waals surface area contributed by atoms with Crippen molar-refractivity contribution < 1.29 is 22.8 Å². The lowest BCUT2D eigenvalue weighted by Gasteiger charge is -2.27. The Balaban J connectivity index is 1.92. The quantitative estimate of drug-likeness (QED) is 0.744. The highest BCUT2D eigenvalue weighted by atomic mass is 35.5. The van der Waals surface area contributed by atoms with Crippen LogP contribution in [0.15, 0.2) is 46.9 Å². The van der Waals surface area contributed by atoms with Crippen molar-refractivity contribution in [1.29, 1.82) is 0 Å². The highest BCUT2D eigenvalue weighted by Crippen LogP contribution is 2.50. The van der Waals surface area contributed by atoms with Gasteiger partial charge in [0, 0.05) is 5.56 Å². The molecule has 3 nitrogen and oxygen atoms in total. The van der Waals surface area contributed by atoms with Gasteiger partial charge in [0.1, 0.15) is 0 Å². The van der Waals surface area contributed by atoms with E-state index in [0.29, 0.717) is 5.56 Å². The molecule has 0 amide bonds. The molecular formula is C15H9ClF3NO2S. The topological polar surface area (TPSA) is 38.7 Å². The molecule has 23 heavy (non-hydrogen) atoms. The number of oxime groups is 1. The van der Waals surface area contributed by atoms with Crippen LogP contribution in [0.4, 0.5) is 13.2 Å². The summed E-state index contributed by atoms with van der Waals surface area (Å²) in [5, 5.41) is 4.57. The average Bonchev–Trinajstić information content (AvgIpc) is 3.16. The summed E-state index contributed by atoms with van der Waals surface area (Å²) < 4.78 is 40.8. The van der Waals surface area contributed by atoms with Crippen molar-refractivity contribution in [3.05, 3.63) is 57.8 Å². The number of hydrogen-bond donors (Lipinski definition) is 0. The van der Waals surface area contributed by atoms with E-state index in [1.807, 2.05) is 0 Å². The van der Waals surface area contributed by atoms with Gasteiger partial charge in [-0.3, -0.25) is 4.79 Å². The summed E-state index contributed by atoms with van der Waals surface area (Å²) in [7, 11) is 0. The molecule has 0 radical (unpaired) electrons. The fraction of sp³-hybridized carbons (Fsp3) is 0.200. The summed E-state index contributed by atoms with van der Waals surface area (Å²) in [6, 6.07) is 8.79. The second-order valence-electron chi connectivity index (χ2n) is 4.96. The van der Waals surface area contributed by atoms with Gasteiger partial charge in [-0.2, -0.15) is 13.2 Å². The SMILES string of the molecule is O=C(Cl)c1ccc(C2=NOC(c3cccs3)(C(F)(F)F)C2)cc1.